The standard InChI is InChI=1S/C11H12O3/c1-2-3-8-14-10-6-4-9(5-7-10)11(12)13/h3-8H,2H2,1H3,(H,12,13)/b8-3+. The van der Waals surface area contributed by atoms with Crippen molar-refractivity contribution in [2.45, 2.75) is 13.3 Å². The predicted octanol–water partition coefficient (Wildman–Crippen LogP) is 2.69. The van der Waals surface area contributed by atoms with E-state index in [1.807, 2.05) is 13.0 Å². The third kappa shape index (κ3) is 2.94. The van der Waals surface area contributed by atoms with Crippen LogP contribution in [0.2, 0.25) is 0 Å². The van der Waals surface area contributed by atoms with E-state index in [0.29, 0.717) is 5.75 Å². The summed E-state index contributed by atoms with van der Waals surface area (Å²) in [5, 5.41) is 8.64. The summed E-state index contributed by atoms with van der Waals surface area (Å²) in [6.45, 7) is 2.01. The summed E-state index contributed by atoms with van der Waals surface area (Å²) in [4.78, 5) is 10.5. The Labute approximate surface area is 82.6 Å². The summed E-state index contributed by atoms with van der Waals surface area (Å²) in [7, 11) is 0. The highest BCUT2D eigenvalue weighted by atomic mass is 16.5. The molecule has 14 heavy (non-hydrogen) atoms. The SMILES string of the molecule is CC/C=C/Oc1ccc(C(=O)O)cc1. The van der Waals surface area contributed by atoms with Gasteiger partial charge in [0.2, 0.25) is 0 Å². The van der Waals surface area contributed by atoms with E-state index in [2.05, 4.69) is 0 Å². The van der Waals surface area contributed by atoms with Crippen LogP contribution in [-0.2, 0) is 0 Å². The number of carbonyl (C=O) groups is 1. The van der Waals surface area contributed by atoms with Gasteiger partial charge in [0.15, 0.2) is 0 Å². The number of aromatic carboxylic acids is 1. The van der Waals surface area contributed by atoms with Crippen molar-refractivity contribution < 1.29 is 14.6 Å². The quantitative estimate of drug-likeness (QED) is 0.746. The fraction of sp³-hybridized carbons (Fsp3) is 0.182. The summed E-state index contributed by atoms with van der Waals surface area (Å²) in [5.41, 5.74) is 0.261. The van der Waals surface area contributed by atoms with Gasteiger partial charge in [0.25, 0.3) is 0 Å². The number of allylic oxidation sites excluding steroid dienone is 1. The van der Waals surface area contributed by atoms with Crippen LogP contribution >= 0.6 is 0 Å². The minimum absolute atomic E-state index is 0.261. The number of carboxylic acid groups (broad SMARTS) is 1. The molecule has 0 fully saturated rings. The van der Waals surface area contributed by atoms with Crippen LogP contribution in [0.25, 0.3) is 0 Å². The second-order valence-corrected chi connectivity index (χ2v) is 2.73. The molecular weight excluding hydrogens is 180 g/mol. The fourth-order valence-corrected chi connectivity index (χ4v) is 0.899. The van der Waals surface area contributed by atoms with E-state index in [9.17, 15) is 4.79 Å². The van der Waals surface area contributed by atoms with E-state index in [4.69, 9.17) is 9.84 Å². The average molecular weight is 192 g/mol. The van der Waals surface area contributed by atoms with Gasteiger partial charge in [-0.15, -0.1) is 0 Å². The number of hydrogen-bond acceptors (Lipinski definition) is 2. The molecule has 1 aromatic rings. The Morgan fingerprint density at radius 1 is 1.43 bits per heavy atom. The van der Waals surface area contributed by atoms with Crippen molar-refractivity contribution in [3.63, 3.8) is 0 Å². The van der Waals surface area contributed by atoms with Crippen LogP contribution in [0.3, 0.4) is 0 Å². The summed E-state index contributed by atoms with van der Waals surface area (Å²) >= 11 is 0. The zero-order valence-corrected chi connectivity index (χ0v) is 7.93. The molecular formula is C11H12O3. The molecule has 0 aromatic heterocycles. The molecule has 0 aliphatic heterocycles. The molecule has 3 heteroatoms. The number of hydrogen-bond donors (Lipinski definition) is 1. The zero-order chi connectivity index (χ0) is 10.4. The lowest BCUT2D eigenvalue weighted by Gasteiger charge is -1.99. The smallest absolute Gasteiger partial charge is 0.335 e. The molecule has 0 saturated carbocycles. The monoisotopic (exact) mass is 192 g/mol. The van der Waals surface area contributed by atoms with Crippen molar-refractivity contribution >= 4 is 5.97 Å². The molecule has 0 saturated heterocycles. The second-order valence-electron chi connectivity index (χ2n) is 2.73. The van der Waals surface area contributed by atoms with Crippen LogP contribution in [0.4, 0.5) is 0 Å². The highest BCUT2D eigenvalue weighted by Gasteiger charge is 2.00. The van der Waals surface area contributed by atoms with E-state index >= 15 is 0 Å². The lowest BCUT2D eigenvalue weighted by atomic mass is 10.2. The third-order valence-electron chi connectivity index (χ3n) is 1.64. The van der Waals surface area contributed by atoms with Gasteiger partial charge in [-0.3, -0.25) is 0 Å². The first-order chi connectivity index (χ1) is 6.74. The fourth-order valence-electron chi connectivity index (χ4n) is 0.899. The molecule has 0 bridgehead atoms. The Morgan fingerprint density at radius 3 is 2.57 bits per heavy atom. The molecule has 74 valence electrons. The minimum atomic E-state index is -0.930. The van der Waals surface area contributed by atoms with Gasteiger partial charge in [-0.25, -0.2) is 4.79 Å². The topological polar surface area (TPSA) is 46.5 Å². The van der Waals surface area contributed by atoms with Gasteiger partial charge in [-0.2, -0.15) is 0 Å². The van der Waals surface area contributed by atoms with E-state index in [-0.39, 0.29) is 5.56 Å². The normalized spacial score (nSPS) is 10.4. The minimum Gasteiger partial charge on any atom is -0.478 e. The summed E-state index contributed by atoms with van der Waals surface area (Å²) in [5.74, 6) is -0.291. The van der Waals surface area contributed by atoms with Crippen LogP contribution in [-0.4, -0.2) is 11.1 Å². The number of ether oxygens (including phenoxy) is 1. The van der Waals surface area contributed by atoms with Crippen LogP contribution < -0.4 is 4.74 Å². The maximum Gasteiger partial charge on any atom is 0.335 e. The molecule has 1 rings (SSSR count). The van der Waals surface area contributed by atoms with Gasteiger partial charge < -0.3 is 9.84 Å². The molecule has 3 nitrogen and oxygen atoms in total. The maximum absolute atomic E-state index is 10.5. The van der Waals surface area contributed by atoms with Crippen LogP contribution in [0.5, 0.6) is 5.75 Å². The number of rotatable bonds is 4. The van der Waals surface area contributed by atoms with E-state index in [1.54, 1.807) is 18.4 Å². The molecule has 1 N–H and O–H groups in total. The largest absolute Gasteiger partial charge is 0.478 e. The Kier molecular flexibility index (Phi) is 3.73. The predicted molar refractivity (Wildman–Crippen MR) is 53.5 cm³/mol. The Hall–Kier alpha value is -1.77. The average Bonchev–Trinajstić information content (AvgIpc) is 2.19. The first-order valence-corrected chi connectivity index (χ1v) is 4.39. The number of benzene rings is 1. The molecule has 0 amide bonds. The lowest BCUT2D eigenvalue weighted by molar-refractivity contribution is 0.0697. The zero-order valence-electron chi connectivity index (χ0n) is 7.93. The first kappa shape index (κ1) is 10.3. The third-order valence-corrected chi connectivity index (χ3v) is 1.64. The van der Waals surface area contributed by atoms with E-state index in [1.165, 1.54) is 12.1 Å². The Bertz CT molecular complexity index is 325. The van der Waals surface area contributed by atoms with E-state index in [0.717, 1.165) is 6.42 Å². The molecule has 0 heterocycles. The van der Waals surface area contributed by atoms with Crippen LogP contribution in [0.1, 0.15) is 23.7 Å². The molecule has 0 radical (unpaired) electrons. The summed E-state index contributed by atoms with van der Waals surface area (Å²) in [6.07, 6.45) is 4.38. The molecule has 1 aromatic carbocycles. The van der Waals surface area contributed by atoms with Gasteiger partial charge in [0.1, 0.15) is 5.75 Å². The Morgan fingerprint density at radius 2 is 2.07 bits per heavy atom. The number of carboxylic acids is 1. The molecule has 0 aliphatic rings. The molecule has 0 atom stereocenters. The molecule has 0 aliphatic carbocycles. The molecule has 0 spiro atoms. The first-order valence-electron chi connectivity index (χ1n) is 4.39. The van der Waals surface area contributed by atoms with E-state index < -0.39 is 5.97 Å². The van der Waals surface area contributed by atoms with Crippen molar-refractivity contribution in [3.05, 3.63) is 42.2 Å². The van der Waals surface area contributed by atoms with Crippen molar-refractivity contribution in [3.8, 4) is 5.75 Å². The second kappa shape index (κ2) is 5.07. The van der Waals surface area contributed by atoms with Gasteiger partial charge in [0.05, 0.1) is 11.8 Å². The lowest BCUT2D eigenvalue weighted by Crippen LogP contribution is -1.95. The van der Waals surface area contributed by atoms with Crippen LogP contribution in [0, 0.1) is 0 Å². The molecule has 0 unspecified atom stereocenters. The van der Waals surface area contributed by atoms with Crippen LogP contribution in [0.15, 0.2) is 36.6 Å². The Balaban J connectivity index is 2.64. The van der Waals surface area contributed by atoms with Crippen molar-refractivity contribution in [2.24, 2.45) is 0 Å². The van der Waals surface area contributed by atoms with Gasteiger partial charge in [0, 0.05) is 0 Å². The summed E-state index contributed by atoms with van der Waals surface area (Å²) < 4.78 is 5.21. The summed E-state index contributed by atoms with van der Waals surface area (Å²) in [6, 6.07) is 6.28. The van der Waals surface area contributed by atoms with Gasteiger partial charge in [-0.1, -0.05) is 6.92 Å². The van der Waals surface area contributed by atoms with Gasteiger partial charge in [-0.05, 0) is 36.8 Å². The van der Waals surface area contributed by atoms with Crippen molar-refractivity contribution in [1.82, 2.24) is 0 Å². The maximum atomic E-state index is 10.5. The van der Waals surface area contributed by atoms with Crippen molar-refractivity contribution in [1.29, 1.82) is 0 Å². The van der Waals surface area contributed by atoms with Gasteiger partial charge >= 0.3 is 5.97 Å². The highest BCUT2D eigenvalue weighted by Crippen LogP contribution is 2.12. The highest BCUT2D eigenvalue weighted by molar-refractivity contribution is 5.87. The van der Waals surface area contributed by atoms with Crippen molar-refractivity contribution in [2.75, 3.05) is 0 Å².